The summed E-state index contributed by atoms with van der Waals surface area (Å²) in [4.78, 5) is 0. The Hall–Kier alpha value is -0.780. The molecule has 0 aliphatic heterocycles. The Balaban J connectivity index is 0.00000254. The van der Waals surface area contributed by atoms with Gasteiger partial charge in [-0.2, -0.15) is 0 Å². The Bertz CT molecular complexity index is 511. The second kappa shape index (κ2) is 7.63. The maximum atomic E-state index is 2.37. The smallest absolute Gasteiger partial charge is 0.0126 e. The summed E-state index contributed by atoms with van der Waals surface area (Å²) in [6, 6.07) is 0. The standard InChI is InChI=1S/C22H38.C2H6/c1-13-16-14(2)17(20(4,5)6)19(22(10,11)12)18(15(16)3)21(7,8)9;1-2/h13H2,1-12H3;1-2H3. The maximum Gasteiger partial charge on any atom is -0.0126 e. The van der Waals surface area contributed by atoms with E-state index in [1.165, 1.54) is 11.1 Å². The minimum atomic E-state index is 0.160. The average Bonchev–Trinajstić information content (AvgIpc) is 2.36. The van der Waals surface area contributed by atoms with Gasteiger partial charge in [0, 0.05) is 0 Å². The molecule has 0 aliphatic rings. The molecule has 0 saturated heterocycles. The van der Waals surface area contributed by atoms with Gasteiger partial charge in [0.2, 0.25) is 0 Å². The predicted octanol–water partition coefficient (Wildman–Crippen LogP) is 7.78. The summed E-state index contributed by atoms with van der Waals surface area (Å²) in [7, 11) is 0. The van der Waals surface area contributed by atoms with Gasteiger partial charge >= 0.3 is 0 Å². The first-order chi connectivity index (χ1) is 10.6. The quantitative estimate of drug-likeness (QED) is 0.492. The van der Waals surface area contributed by atoms with Gasteiger partial charge < -0.3 is 0 Å². The monoisotopic (exact) mass is 332 g/mol. The molecule has 0 aromatic heterocycles. The molecule has 0 radical (unpaired) electrons. The molecule has 0 atom stereocenters. The molecule has 0 bridgehead atoms. The van der Waals surface area contributed by atoms with E-state index in [9.17, 15) is 0 Å². The minimum absolute atomic E-state index is 0.160. The highest BCUT2D eigenvalue weighted by Crippen LogP contribution is 2.45. The van der Waals surface area contributed by atoms with E-state index in [0.717, 1.165) is 6.42 Å². The van der Waals surface area contributed by atoms with Gasteiger partial charge in [-0.15, -0.1) is 0 Å². The molecule has 0 heteroatoms. The van der Waals surface area contributed by atoms with Gasteiger partial charge in [-0.1, -0.05) is 83.1 Å². The van der Waals surface area contributed by atoms with Crippen LogP contribution in [-0.2, 0) is 22.7 Å². The second-order valence-corrected chi connectivity index (χ2v) is 9.96. The van der Waals surface area contributed by atoms with Crippen LogP contribution in [0.25, 0.3) is 0 Å². The zero-order valence-electron chi connectivity index (χ0n) is 19.2. The number of hydrogen-bond acceptors (Lipinski definition) is 0. The Labute approximate surface area is 153 Å². The largest absolute Gasteiger partial charge is 0.0683 e. The van der Waals surface area contributed by atoms with Crippen molar-refractivity contribution in [3.05, 3.63) is 33.4 Å². The molecule has 0 nitrogen and oxygen atoms in total. The van der Waals surface area contributed by atoms with Crippen molar-refractivity contribution in [3.8, 4) is 0 Å². The van der Waals surface area contributed by atoms with Crippen molar-refractivity contribution in [2.24, 2.45) is 0 Å². The van der Waals surface area contributed by atoms with Gasteiger partial charge in [-0.05, 0) is 69.9 Å². The summed E-state index contributed by atoms with van der Waals surface area (Å²) in [6.07, 6.45) is 1.12. The van der Waals surface area contributed by atoms with Crippen LogP contribution < -0.4 is 0 Å². The fourth-order valence-electron chi connectivity index (χ4n) is 4.24. The predicted molar refractivity (Wildman–Crippen MR) is 113 cm³/mol. The minimum Gasteiger partial charge on any atom is -0.0683 e. The van der Waals surface area contributed by atoms with Crippen molar-refractivity contribution in [2.75, 3.05) is 0 Å². The van der Waals surface area contributed by atoms with Crippen LogP contribution in [0.15, 0.2) is 0 Å². The Morgan fingerprint density at radius 3 is 0.958 bits per heavy atom. The van der Waals surface area contributed by atoms with Crippen LogP contribution in [0, 0.1) is 13.8 Å². The molecular weight excluding hydrogens is 288 g/mol. The highest BCUT2D eigenvalue weighted by molar-refractivity contribution is 5.58. The molecule has 0 saturated carbocycles. The molecule has 1 aromatic carbocycles. The number of benzene rings is 1. The van der Waals surface area contributed by atoms with Crippen LogP contribution in [0.3, 0.4) is 0 Å². The summed E-state index contributed by atoms with van der Waals surface area (Å²) in [5.41, 5.74) is 9.83. The molecule has 0 aliphatic carbocycles. The summed E-state index contributed by atoms with van der Waals surface area (Å²) >= 11 is 0. The molecule has 24 heavy (non-hydrogen) atoms. The zero-order valence-corrected chi connectivity index (χ0v) is 19.2. The van der Waals surface area contributed by atoms with E-state index in [0.29, 0.717) is 0 Å². The summed E-state index contributed by atoms with van der Waals surface area (Å²) in [6.45, 7) is 32.3. The van der Waals surface area contributed by atoms with E-state index in [1.807, 2.05) is 13.8 Å². The molecule has 140 valence electrons. The first-order valence-electron chi connectivity index (χ1n) is 9.81. The molecule has 0 unspecified atom stereocenters. The zero-order chi connectivity index (χ0) is 19.7. The van der Waals surface area contributed by atoms with Crippen LogP contribution in [0.1, 0.15) is 116 Å². The van der Waals surface area contributed by atoms with E-state index < -0.39 is 0 Å². The van der Waals surface area contributed by atoms with Gasteiger partial charge in [0.15, 0.2) is 0 Å². The van der Waals surface area contributed by atoms with E-state index >= 15 is 0 Å². The SMILES string of the molecule is CC.CCc1c(C)c(C(C)(C)C)c(C(C)(C)C)c(C(C)(C)C)c1C. The number of hydrogen-bond donors (Lipinski definition) is 0. The normalized spacial score (nSPS) is 12.8. The van der Waals surface area contributed by atoms with Gasteiger partial charge in [0.1, 0.15) is 0 Å². The third-order valence-electron chi connectivity index (χ3n) is 4.76. The van der Waals surface area contributed by atoms with Crippen molar-refractivity contribution in [1.82, 2.24) is 0 Å². The second-order valence-electron chi connectivity index (χ2n) is 9.96. The lowest BCUT2D eigenvalue weighted by Gasteiger charge is -2.40. The van der Waals surface area contributed by atoms with Crippen LogP contribution >= 0.6 is 0 Å². The topological polar surface area (TPSA) is 0 Å². The van der Waals surface area contributed by atoms with Gasteiger partial charge in [0.05, 0.1) is 0 Å². The molecule has 0 heterocycles. The third kappa shape index (κ3) is 4.64. The van der Waals surface area contributed by atoms with E-state index in [1.54, 1.807) is 22.3 Å². The molecule has 0 spiro atoms. The van der Waals surface area contributed by atoms with E-state index in [-0.39, 0.29) is 16.2 Å². The molecule has 0 N–H and O–H groups in total. The molecule has 0 amide bonds. The molecule has 1 aromatic rings. The fraction of sp³-hybridized carbons (Fsp3) is 0.750. The molecule has 0 fully saturated rings. The lowest BCUT2D eigenvalue weighted by atomic mass is 9.65. The van der Waals surface area contributed by atoms with Crippen LogP contribution in [0.2, 0.25) is 0 Å². The van der Waals surface area contributed by atoms with E-state index in [4.69, 9.17) is 0 Å². The fourth-order valence-corrected chi connectivity index (χ4v) is 4.24. The highest BCUT2D eigenvalue weighted by atomic mass is 14.4. The van der Waals surface area contributed by atoms with Crippen molar-refractivity contribution >= 4 is 0 Å². The first-order valence-corrected chi connectivity index (χ1v) is 9.81. The summed E-state index contributed by atoms with van der Waals surface area (Å²) in [5, 5.41) is 0. The Kier molecular flexibility index (Phi) is 7.38. The van der Waals surface area contributed by atoms with Crippen molar-refractivity contribution in [3.63, 3.8) is 0 Å². The van der Waals surface area contributed by atoms with Crippen molar-refractivity contribution in [1.29, 1.82) is 0 Å². The van der Waals surface area contributed by atoms with Crippen molar-refractivity contribution in [2.45, 2.75) is 120 Å². The summed E-state index contributed by atoms with van der Waals surface area (Å²) < 4.78 is 0. The van der Waals surface area contributed by atoms with Crippen molar-refractivity contribution < 1.29 is 0 Å². The van der Waals surface area contributed by atoms with Crippen LogP contribution in [0.5, 0.6) is 0 Å². The maximum absolute atomic E-state index is 2.37. The van der Waals surface area contributed by atoms with Gasteiger partial charge in [-0.3, -0.25) is 0 Å². The third-order valence-corrected chi connectivity index (χ3v) is 4.76. The average molecular weight is 333 g/mol. The lowest BCUT2D eigenvalue weighted by molar-refractivity contribution is 0.492. The van der Waals surface area contributed by atoms with Crippen LogP contribution in [-0.4, -0.2) is 0 Å². The van der Waals surface area contributed by atoms with Gasteiger partial charge in [0.25, 0.3) is 0 Å². The molecular formula is C24H44. The number of rotatable bonds is 1. The Morgan fingerprint density at radius 2 is 0.792 bits per heavy atom. The lowest BCUT2D eigenvalue weighted by Crippen LogP contribution is -2.31. The highest BCUT2D eigenvalue weighted by Gasteiger charge is 2.35. The first kappa shape index (κ1) is 23.2. The van der Waals surface area contributed by atoms with Crippen LogP contribution in [0.4, 0.5) is 0 Å². The summed E-state index contributed by atoms with van der Waals surface area (Å²) in [5.74, 6) is 0. The van der Waals surface area contributed by atoms with E-state index in [2.05, 4.69) is 83.1 Å². The Morgan fingerprint density at radius 1 is 0.542 bits per heavy atom. The molecule has 1 rings (SSSR count). The van der Waals surface area contributed by atoms with Gasteiger partial charge in [-0.25, -0.2) is 0 Å².